The number of likely N-dealkylation sites (tertiary alicyclic amines) is 1. The smallest absolute Gasteiger partial charge is 0.157 e. The second-order valence-corrected chi connectivity index (χ2v) is 13.8. The molecule has 4 aromatic carbocycles. The standard InChI is InChI=1S/C23H29NO3.C21H29N3O3/c1-24-13-11-23(12-14-24,20-6-3-2-4-7-20)21-18-19(8-9-22(21)26)10-17-27-16-5-15-25;1-22-20-19(26)9-8-18(21(20)27-15-14-25)10-11-23-12-13-24(2)16-17-6-4-3-5-7-17/h2-4,6-9,15,18,26H,5,10-14,16-17H2,1H3;3-9,14,22-23,26H,10-13,15-16H2,1-2H3. The monoisotopic (exact) mass is 738 g/mol. The van der Waals surface area contributed by atoms with Crippen molar-refractivity contribution < 1.29 is 29.3 Å². The number of hydrogen-bond donors (Lipinski definition) is 4. The molecule has 10 nitrogen and oxygen atoms in total. The molecule has 1 aliphatic rings. The van der Waals surface area contributed by atoms with Gasteiger partial charge in [-0.3, -0.25) is 4.79 Å². The van der Waals surface area contributed by atoms with Crippen molar-refractivity contribution in [3.05, 3.63) is 119 Å². The number of carbonyl (C=O) groups is 2. The first-order valence-electron chi connectivity index (χ1n) is 18.9. The summed E-state index contributed by atoms with van der Waals surface area (Å²) in [4.78, 5) is 25.6. The van der Waals surface area contributed by atoms with Gasteiger partial charge in [0.25, 0.3) is 0 Å². The maximum atomic E-state index is 10.7. The summed E-state index contributed by atoms with van der Waals surface area (Å²) < 4.78 is 11.0. The summed E-state index contributed by atoms with van der Waals surface area (Å²) in [7, 11) is 5.98. The van der Waals surface area contributed by atoms with Gasteiger partial charge in [-0.05, 0) is 93.8 Å². The molecule has 10 heteroatoms. The molecular weight excluding hydrogens is 681 g/mol. The Bertz CT molecular complexity index is 1700. The number of phenols is 2. The van der Waals surface area contributed by atoms with Gasteiger partial charge in [-0.15, -0.1) is 0 Å². The number of benzene rings is 4. The number of aldehydes is 2. The minimum absolute atomic E-state index is 0.0388. The Hall–Kier alpha value is -4.74. The van der Waals surface area contributed by atoms with Gasteiger partial charge in [0.1, 0.15) is 35.8 Å². The van der Waals surface area contributed by atoms with Crippen LogP contribution in [0.4, 0.5) is 5.69 Å². The molecule has 1 heterocycles. The fourth-order valence-electron chi connectivity index (χ4n) is 6.94. The van der Waals surface area contributed by atoms with Crippen LogP contribution < -0.4 is 15.4 Å². The zero-order valence-corrected chi connectivity index (χ0v) is 32.1. The number of ether oxygens (including phenoxy) is 2. The maximum absolute atomic E-state index is 10.7. The van der Waals surface area contributed by atoms with Crippen LogP contribution in [0.25, 0.3) is 0 Å². The largest absolute Gasteiger partial charge is 0.508 e. The lowest BCUT2D eigenvalue weighted by atomic mass is 9.67. The van der Waals surface area contributed by atoms with Gasteiger partial charge >= 0.3 is 0 Å². The highest BCUT2D eigenvalue weighted by Gasteiger charge is 2.39. The zero-order valence-electron chi connectivity index (χ0n) is 32.1. The molecule has 0 aliphatic carbocycles. The Kier molecular flexibility index (Phi) is 17.5. The molecule has 4 N–H and O–H groups in total. The Morgan fingerprint density at radius 2 is 1.54 bits per heavy atom. The van der Waals surface area contributed by atoms with E-state index in [0.717, 1.165) is 87.9 Å². The summed E-state index contributed by atoms with van der Waals surface area (Å²) in [6, 6.07) is 30.4. The van der Waals surface area contributed by atoms with E-state index < -0.39 is 0 Å². The first kappa shape index (κ1) is 42.0. The average Bonchev–Trinajstić information content (AvgIpc) is 3.19. The van der Waals surface area contributed by atoms with Crippen molar-refractivity contribution in [2.45, 2.75) is 44.1 Å². The first-order valence-corrected chi connectivity index (χ1v) is 18.9. The Morgan fingerprint density at radius 1 is 0.833 bits per heavy atom. The van der Waals surface area contributed by atoms with Gasteiger partial charge in [0.2, 0.25) is 0 Å². The van der Waals surface area contributed by atoms with E-state index in [2.05, 4.69) is 89.1 Å². The van der Waals surface area contributed by atoms with E-state index >= 15 is 0 Å². The predicted octanol–water partition coefficient (Wildman–Crippen LogP) is 5.83. The predicted molar refractivity (Wildman–Crippen MR) is 216 cm³/mol. The summed E-state index contributed by atoms with van der Waals surface area (Å²) in [5, 5.41) is 27.1. The van der Waals surface area contributed by atoms with Gasteiger partial charge in [0.15, 0.2) is 6.29 Å². The Balaban J connectivity index is 0.000000241. The highest BCUT2D eigenvalue weighted by Crippen LogP contribution is 2.45. The van der Waals surface area contributed by atoms with Crippen molar-refractivity contribution in [3.63, 3.8) is 0 Å². The van der Waals surface area contributed by atoms with Crippen LogP contribution in [0.5, 0.6) is 17.2 Å². The molecule has 0 unspecified atom stereocenters. The number of piperidine rings is 1. The Morgan fingerprint density at radius 3 is 2.22 bits per heavy atom. The third-order valence-electron chi connectivity index (χ3n) is 9.96. The average molecular weight is 739 g/mol. The normalized spacial score (nSPS) is 13.9. The molecule has 1 saturated heterocycles. The van der Waals surface area contributed by atoms with Crippen LogP contribution in [0.3, 0.4) is 0 Å². The van der Waals surface area contributed by atoms with Crippen LogP contribution in [0.2, 0.25) is 0 Å². The third-order valence-corrected chi connectivity index (χ3v) is 9.96. The SMILES string of the molecule is CN1CCC(c2ccccc2)(c2cc(CCOCCC=O)ccc2O)CC1.CNc1c(O)ccc(CCNCCN(C)Cc2ccccc2)c1OCC=O. The van der Waals surface area contributed by atoms with Crippen molar-refractivity contribution in [2.75, 3.05) is 79.0 Å². The molecule has 4 aromatic rings. The number of phenolic OH excluding ortho intramolecular Hbond substituents is 2. The van der Waals surface area contributed by atoms with E-state index in [4.69, 9.17) is 9.47 Å². The van der Waals surface area contributed by atoms with Gasteiger partial charge in [-0.25, -0.2) is 0 Å². The van der Waals surface area contributed by atoms with Gasteiger partial charge in [0.05, 0.1) is 13.2 Å². The summed E-state index contributed by atoms with van der Waals surface area (Å²) in [5.74, 6) is 1.01. The van der Waals surface area contributed by atoms with Gasteiger partial charge in [-0.1, -0.05) is 78.9 Å². The van der Waals surface area contributed by atoms with E-state index in [1.807, 2.05) is 30.3 Å². The third kappa shape index (κ3) is 12.4. The number of hydrogen-bond acceptors (Lipinski definition) is 10. The molecule has 0 saturated carbocycles. The number of aromatic hydroxyl groups is 2. The molecule has 54 heavy (non-hydrogen) atoms. The topological polar surface area (TPSA) is 124 Å². The number of likely N-dealkylation sites (N-methyl/N-ethyl adjacent to an activating group) is 1. The van der Waals surface area contributed by atoms with Crippen molar-refractivity contribution in [1.29, 1.82) is 0 Å². The number of carbonyl (C=O) groups excluding carboxylic acids is 2. The summed E-state index contributed by atoms with van der Waals surface area (Å²) >= 11 is 0. The number of anilines is 1. The van der Waals surface area contributed by atoms with E-state index in [9.17, 15) is 19.8 Å². The minimum Gasteiger partial charge on any atom is -0.508 e. The lowest BCUT2D eigenvalue weighted by molar-refractivity contribution is -0.110. The number of nitrogens with one attached hydrogen (secondary N) is 2. The van der Waals surface area contributed by atoms with Crippen molar-refractivity contribution in [1.82, 2.24) is 15.1 Å². The molecule has 5 rings (SSSR count). The quantitative estimate of drug-likeness (QED) is 0.0501. The van der Waals surface area contributed by atoms with E-state index in [0.29, 0.717) is 43.1 Å². The van der Waals surface area contributed by atoms with Gasteiger partial charge in [-0.2, -0.15) is 0 Å². The zero-order chi connectivity index (χ0) is 38.6. The van der Waals surface area contributed by atoms with Gasteiger partial charge < -0.3 is 44.9 Å². The van der Waals surface area contributed by atoms with Crippen molar-refractivity contribution in [2.24, 2.45) is 0 Å². The van der Waals surface area contributed by atoms with Crippen molar-refractivity contribution >= 4 is 18.3 Å². The summed E-state index contributed by atoms with van der Waals surface area (Å²) in [6.45, 7) is 6.56. The highest BCUT2D eigenvalue weighted by molar-refractivity contribution is 5.69. The summed E-state index contributed by atoms with van der Waals surface area (Å²) in [6.07, 6.45) is 5.51. The van der Waals surface area contributed by atoms with Crippen LogP contribution in [0, 0.1) is 0 Å². The van der Waals surface area contributed by atoms with Crippen LogP contribution in [0.1, 0.15) is 47.1 Å². The molecule has 1 aliphatic heterocycles. The van der Waals surface area contributed by atoms with Crippen LogP contribution in [0.15, 0.2) is 91.0 Å². The number of nitrogens with zero attached hydrogens (tertiary/aromatic N) is 2. The molecule has 1 fully saturated rings. The second kappa shape index (κ2) is 22.5. The molecule has 0 bridgehead atoms. The maximum Gasteiger partial charge on any atom is 0.157 e. The second-order valence-electron chi connectivity index (χ2n) is 13.8. The van der Waals surface area contributed by atoms with Gasteiger partial charge in [0, 0.05) is 44.1 Å². The van der Waals surface area contributed by atoms with E-state index in [1.165, 1.54) is 11.1 Å². The fourth-order valence-corrected chi connectivity index (χ4v) is 6.94. The molecule has 290 valence electrons. The number of rotatable bonds is 20. The molecule has 0 aromatic heterocycles. The minimum atomic E-state index is -0.160. The van der Waals surface area contributed by atoms with Crippen LogP contribution >= 0.6 is 0 Å². The summed E-state index contributed by atoms with van der Waals surface area (Å²) in [5.41, 5.74) is 6.05. The van der Waals surface area contributed by atoms with Crippen molar-refractivity contribution in [3.8, 4) is 17.2 Å². The Labute approximate surface area is 321 Å². The first-order chi connectivity index (χ1) is 26.3. The molecule has 0 spiro atoms. The lowest BCUT2D eigenvalue weighted by Gasteiger charge is -2.42. The van der Waals surface area contributed by atoms with Crippen LogP contribution in [-0.2, 0) is 39.1 Å². The molecule has 0 amide bonds. The lowest BCUT2D eigenvalue weighted by Crippen LogP contribution is -2.41. The van der Waals surface area contributed by atoms with E-state index in [-0.39, 0.29) is 17.8 Å². The molecular formula is C44H58N4O6. The molecule has 0 radical (unpaired) electrons. The molecule has 0 atom stereocenters. The van der Waals surface area contributed by atoms with Crippen LogP contribution in [-0.4, -0.2) is 106 Å². The fraction of sp³-hybridized carbons (Fsp3) is 0.409. The highest BCUT2D eigenvalue weighted by atomic mass is 16.5. The van der Waals surface area contributed by atoms with E-state index in [1.54, 1.807) is 13.1 Å².